The van der Waals surface area contributed by atoms with E-state index in [9.17, 15) is 4.79 Å². The number of amides is 1. The Kier molecular flexibility index (Phi) is 4.77. The number of carbonyl (C=O) groups is 1. The normalized spacial score (nSPS) is 10.1. The first-order valence-electron chi connectivity index (χ1n) is 6.91. The molecule has 20 heavy (non-hydrogen) atoms. The minimum absolute atomic E-state index is 0.0871. The van der Waals surface area contributed by atoms with Crippen LogP contribution >= 0.6 is 0 Å². The number of hydrogen-bond donors (Lipinski definition) is 2. The molecule has 2 rings (SSSR count). The summed E-state index contributed by atoms with van der Waals surface area (Å²) in [7, 11) is 1.85. The highest BCUT2D eigenvalue weighted by atomic mass is 16.1. The molecule has 3 heteroatoms. The Morgan fingerprint density at radius 1 is 0.950 bits per heavy atom. The van der Waals surface area contributed by atoms with Gasteiger partial charge in [-0.05, 0) is 48.4 Å². The van der Waals surface area contributed by atoms with Crippen molar-refractivity contribution in [3.8, 4) is 0 Å². The lowest BCUT2D eigenvalue weighted by Gasteiger charge is -2.07. The minimum atomic E-state index is -0.0871. The van der Waals surface area contributed by atoms with Crippen molar-refractivity contribution in [2.75, 3.05) is 17.7 Å². The lowest BCUT2D eigenvalue weighted by atomic mass is 10.1. The van der Waals surface area contributed by atoms with Crippen LogP contribution in [0.25, 0.3) is 0 Å². The molecule has 0 aromatic heterocycles. The van der Waals surface area contributed by atoms with Gasteiger partial charge in [0.05, 0.1) is 0 Å². The van der Waals surface area contributed by atoms with Crippen molar-refractivity contribution >= 4 is 17.3 Å². The largest absolute Gasteiger partial charge is 0.388 e. The third kappa shape index (κ3) is 3.60. The molecule has 0 saturated heterocycles. The predicted molar refractivity (Wildman–Crippen MR) is 84.4 cm³/mol. The van der Waals surface area contributed by atoms with Crippen molar-refractivity contribution in [1.82, 2.24) is 0 Å². The van der Waals surface area contributed by atoms with Crippen molar-refractivity contribution in [3.63, 3.8) is 0 Å². The molecule has 2 aromatic carbocycles. The van der Waals surface area contributed by atoms with E-state index in [0.29, 0.717) is 5.56 Å². The van der Waals surface area contributed by atoms with E-state index in [1.165, 1.54) is 5.56 Å². The van der Waals surface area contributed by atoms with Gasteiger partial charge in [-0.2, -0.15) is 0 Å². The first kappa shape index (κ1) is 14.1. The first-order chi connectivity index (χ1) is 9.72. The topological polar surface area (TPSA) is 41.1 Å². The molecule has 0 bridgehead atoms. The van der Waals surface area contributed by atoms with E-state index < -0.39 is 0 Å². The second-order valence-electron chi connectivity index (χ2n) is 4.73. The lowest BCUT2D eigenvalue weighted by Crippen LogP contribution is -2.11. The summed E-state index contributed by atoms with van der Waals surface area (Å²) in [4.78, 5) is 12.1. The number of carbonyl (C=O) groups excluding carboxylic acids is 1. The fourth-order valence-electron chi connectivity index (χ4n) is 2.03. The molecule has 2 N–H and O–H groups in total. The molecule has 0 aliphatic carbocycles. The van der Waals surface area contributed by atoms with Crippen LogP contribution in [0.2, 0.25) is 0 Å². The van der Waals surface area contributed by atoms with Crippen LogP contribution in [0.5, 0.6) is 0 Å². The number of nitrogens with one attached hydrogen (secondary N) is 2. The van der Waals surface area contributed by atoms with E-state index in [0.717, 1.165) is 24.2 Å². The minimum Gasteiger partial charge on any atom is -0.388 e. The van der Waals surface area contributed by atoms with E-state index in [4.69, 9.17) is 0 Å². The van der Waals surface area contributed by atoms with E-state index in [2.05, 4.69) is 29.7 Å². The van der Waals surface area contributed by atoms with Gasteiger partial charge in [0.25, 0.3) is 5.91 Å². The number of aryl methyl sites for hydroxylation is 1. The Balaban J connectivity index is 2.02. The molecule has 3 nitrogen and oxygen atoms in total. The fourth-order valence-corrected chi connectivity index (χ4v) is 2.03. The molecule has 0 aliphatic heterocycles. The van der Waals surface area contributed by atoms with Crippen LogP contribution in [0.3, 0.4) is 0 Å². The maximum atomic E-state index is 12.1. The zero-order valence-corrected chi connectivity index (χ0v) is 11.9. The highest BCUT2D eigenvalue weighted by Crippen LogP contribution is 2.14. The Hall–Kier alpha value is -2.29. The zero-order chi connectivity index (χ0) is 14.4. The first-order valence-corrected chi connectivity index (χ1v) is 6.91. The maximum absolute atomic E-state index is 12.1. The Morgan fingerprint density at radius 3 is 2.10 bits per heavy atom. The average molecular weight is 268 g/mol. The monoisotopic (exact) mass is 268 g/mol. The second-order valence-corrected chi connectivity index (χ2v) is 4.73. The highest BCUT2D eigenvalue weighted by molar-refractivity contribution is 6.04. The van der Waals surface area contributed by atoms with Crippen LogP contribution in [0.15, 0.2) is 48.5 Å². The predicted octanol–water partition coefficient (Wildman–Crippen LogP) is 3.93. The summed E-state index contributed by atoms with van der Waals surface area (Å²) in [5, 5.41) is 5.93. The molecule has 0 radical (unpaired) electrons. The Labute approximate surface area is 120 Å². The van der Waals surface area contributed by atoms with Gasteiger partial charge >= 0.3 is 0 Å². The number of anilines is 2. The molecule has 0 fully saturated rings. The summed E-state index contributed by atoms with van der Waals surface area (Å²) in [6.45, 7) is 2.16. The molecular weight excluding hydrogens is 248 g/mol. The van der Waals surface area contributed by atoms with Crippen molar-refractivity contribution in [2.24, 2.45) is 0 Å². The number of benzene rings is 2. The third-order valence-electron chi connectivity index (χ3n) is 3.19. The number of hydrogen-bond acceptors (Lipinski definition) is 2. The molecule has 0 heterocycles. The standard InChI is InChI=1S/C17H20N2O/c1-3-4-13-5-9-16(10-6-13)19-17(20)14-7-11-15(18-2)12-8-14/h5-12,18H,3-4H2,1-2H3,(H,19,20). The lowest BCUT2D eigenvalue weighted by molar-refractivity contribution is 0.102. The van der Waals surface area contributed by atoms with Crippen molar-refractivity contribution in [1.29, 1.82) is 0 Å². The summed E-state index contributed by atoms with van der Waals surface area (Å²) in [5.41, 5.74) is 3.77. The van der Waals surface area contributed by atoms with E-state index in [-0.39, 0.29) is 5.91 Å². The molecule has 0 unspecified atom stereocenters. The Morgan fingerprint density at radius 2 is 1.55 bits per heavy atom. The smallest absolute Gasteiger partial charge is 0.255 e. The van der Waals surface area contributed by atoms with Gasteiger partial charge in [0, 0.05) is 24.0 Å². The summed E-state index contributed by atoms with van der Waals surface area (Å²) in [6, 6.07) is 15.4. The van der Waals surface area contributed by atoms with Crippen LogP contribution in [-0.4, -0.2) is 13.0 Å². The van der Waals surface area contributed by atoms with Gasteiger partial charge in [0.1, 0.15) is 0 Å². The zero-order valence-electron chi connectivity index (χ0n) is 11.9. The molecule has 0 spiro atoms. The summed E-state index contributed by atoms with van der Waals surface area (Å²) in [6.07, 6.45) is 2.20. The van der Waals surface area contributed by atoms with E-state index in [1.54, 1.807) is 0 Å². The summed E-state index contributed by atoms with van der Waals surface area (Å²) >= 11 is 0. The molecule has 104 valence electrons. The van der Waals surface area contributed by atoms with Crippen LogP contribution in [0, 0.1) is 0 Å². The van der Waals surface area contributed by atoms with Gasteiger partial charge < -0.3 is 10.6 Å². The summed E-state index contributed by atoms with van der Waals surface area (Å²) in [5.74, 6) is -0.0871. The molecule has 2 aromatic rings. The quantitative estimate of drug-likeness (QED) is 0.862. The Bertz CT molecular complexity index is 559. The highest BCUT2D eigenvalue weighted by Gasteiger charge is 2.05. The van der Waals surface area contributed by atoms with Crippen LogP contribution in [0.4, 0.5) is 11.4 Å². The number of rotatable bonds is 5. The van der Waals surface area contributed by atoms with Gasteiger partial charge in [-0.15, -0.1) is 0 Å². The maximum Gasteiger partial charge on any atom is 0.255 e. The van der Waals surface area contributed by atoms with Crippen LogP contribution in [0.1, 0.15) is 29.3 Å². The van der Waals surface area contributed by atoms with Gasteiger partial charge in [0.15, 0.2) is 0 Å². The average Bonchev–Trinajstić information content (AvgIpc) is 2.49. The van der Waals surface area contributed by atoms with Crippen molar-refractivity contribution in [2.45, 2.75) is 19.8 Å². The molecule has 0 saturated carbocycles. The SMILES string of the molecule is CCCc1ccc(NC(=O)c2ccc(NC)cc2)cc1. The third-order valence-corrected chi connectivity index (χ3v) is 3.19. The van der Waals surface area contributed by atoms with Gasteiger partial charge in [0.2, 0.25) is 0 Å². The van der Waals surface area contributed by atoms with Gasteiger partial charge in [-0.3, -0.25) is 4.79 Å². The van der Waals surface area contributed by atoms with Gasteiger partial charge in [-0.25, -0.2) is 0 Å². The fraction of sp³-hybridized carbons (Fsp3) is 0.235. The molecule has 0 aliphatic rings. The van der Waals surface area contributed by atoms with Crippen LogP contribution < -0.4 is 10.6 Å². The van der Waals surface area contributed by atoms with Crippen molar-refractivity contribution in [3.05, 3.63) is 59.7 Å². The van der Waals surface area contributed by atoms with E-state index >= 15 is 0 Å². The molecular formula is C17H20N2O. The van der Waals surface area contributed by atoms with Crippen LogP contribution in [-0.2, 0) is 6.42 Å². The van der Waals surface area contributed by atoms with Crippen molar-refractivity contribution < 1.29 is 4.79 Å². The van der Waals surface area contributed by atoms with E-state index in [1.807, 2.05) is 43.4 Å². The molecule has 0 atom stereocenters. The molecule has 1 amide bonds. The summed E-state index contributed by atoms with van der Waals surface area (Å²) < 4.78 is 0. The second kappa shape index (κ2) is 6.75. The van der Waals surface area contributed by atoms with Gasteiger partial charge in [-0.1, -0.05) is 25.5 Å².